The molecule has 0 unspecified atom stereocenters. The number of aryl methyl sites for hydroxylation is 1. The average molecular weight is 433 g/mol. The summed E-state index contributed by atoms with van der Waals surface area (Å²) in [6, 6.07) is 12.0. The van der Waals surface area contributed by atoms with E-state index in [1.165, 1.54) is 0 Å². The Kier molecular flexibility index (Phi) is 6.99. The van der Waals surface area contributed by atoms with Crippen LogP contribution in [0.15, 0.2) is 47.4 Å². The third-order valence-electron chi connectivity index (χ3n) is 5.30. The second-order valence-electron chi connectivity index (χ2n) is 7.46. The maximum atomic E-state index is 12.7. The molecule has 0 saturated carbocycles. The molecule has 2 aromatic rings. The van der Waals surface area contributed by atoms with E-state index < -0.39 is 10.0 Å². The smallest absolute Gasteiger partial charge is 0.240 e. The Morgan fingerprint density at radius 3 is 2.27 bits per heavy atom. The van der Waals surface area contributed by atoms with Crippen molar-refractivity contribution in [1.29, 1.82) is 0 Å². The summed E-state index contributed by atoms with van der Waals surface area (Å²) < 4.78 is 38.4. The molecule has 1 saturated heterocycles. The number of piperidine rings is 1. The summed E-state index contributed by atoms with van der Waals surface area (Å²) >= 11 is 0. The van der Waals surface area contributed by atoms with Gasteiger partial charge >= 0.3 is 0 Å². The zero-order chi connectivity index (χ0) is 21.7. The molecule has 30 heavy (non-hydrogen) atoms. The van der Waals surface area contributed by atoms with Crippen molar-refractivity contribution in [2.75, 3.05) is 27.3 Å². The Balaban J connectivity index is 1.55. The highest BCUT2D eigenvalue weighted by atomic mass is 32.2. The molecular weight excluding hydrogens is 404 g/mol. The maximum absolute atomic E-state index is 12.7. The van der Waals surface area contributed by atoms with E-state index in [9.17, 15) is 13.2 Å². The molecule has 1 heterocycles. The van der Waals surface area contributed by atoms with Crippen molar-refractivity contribution < 1.29 is 22.7 Å². The predicted molar refractivity (Wildman–Crippen MR) is 114 cm³/mol. The lowest BCUT2D eigenvalue weighted by Crippen LogP contribution is -2.46. The second kappa shape index (κ2) is 9.49. The highest BCUT2D eigenvalue weighted by molar-refractivity contribution is 7.89. The van der Waals surface area contributed by atoms with Gasteiger partial charge in [-0.25, -0.2) is 13.1 Å². The number of carbonyl (C=O) groups excluding carboxylic acids is 1. The lowest BCUT2D eigenvalue weighted by molar-refractivity contribution is -0.131. The van der Waals surface area contributed by atoms with Crippen LogP contribution in [0.1, 0.15) is 24.0 Å². The van der Waals surface area contributed by atoms with E-state index in [0.717, 1.165) is 11.1 Å². The van der Waals surface area contributed by atoms with Gasteiger partial charge in [0.1, 0.15) is 0 Å². The molecule has 1 fully saturated rings. The molecule has 2 aromatic carbocycles. The highest BCUT2D eigenvalue weighted by Crippen LogP contribution is 2.28. The van der Waals surface area contributed by atoms with Crippen molar-refractivity contribution in [3.05, 3.63) is 53.6 Å². The fraction of sp³-hybridized carbons (Fsp3) is 0.409. The SMILES string of the molecule is COc1ccc(CC(=O)N2CCC(NS(=O)(=O)c3ccc(C)cc3)CC2)cc1OC. The van der Waals surface area contributed by atoms with Crippen molar-refractivity contribution in [1.82, 2.24) is 9.62 Å². The number of ether oxygens (including phenoxy) is 2. The molecule has 0 spiro atoms. The monoisotopic (exact) mass is 432 g/mol. The van der Waals surface area contributed by atoms with Gasteiger partial charge in [0.25, 0.3) is 0 Å². The number of nitrogens with zero attached hydrogens (tertiary/aromatic N) is 1. The number of rotatable bonds is 7. The Bertz CT molecular complexity index is 981. The fourth-order valence-electron chi connectivity index (χ4n) is 3.53. The fourth-order valence-corrected chi connectivity index (χ4v) is 4.83. The van der Waals surface area contributed by atoms with Crippen LogP contribution >= 0.6 is 0 Å². The summed E-state index contributed by atoms with van der Waals surface area (Å²) in [5, 5.41) is 0. The molecule has 1 aliphatic heterocycles. The van der Waals surface area contributed by atoms with E-state index in [-0.39, 0.29) is 23.3 Å². The first-order valence-corrected chi connectivity index (χ1v) is 11.4. The van der Waals surface area contributed by atoms with Gasteiger partial charge in [-0.2, -0.15) is 0 Å². The van der Waals surface area contributed by atoms with Gasteiger partial charge in [0, 0.05) is 19.1 Å². The lowest BCUT2D eigenvalue weighted by Gasteiger charge is -2.32. The molecule has 7 nitrogen and oxygen atoms in total. The van der Waals surface area contributed by atoms with Gasteiger partial charge in [-0.3, -0.25) is 4.79 Å². The Hall–Kier alpha value is -2.58. The van der Waals surface area contributed by atoms with Gasteiger partial charge in [-0.05, 0) is 49.6 Å². The van der Waals surface area contributed by atoms with E-state index in [1.54, 1.807) is 55.5 Å². The largest absolute Gasteiger partial charge is 0.493 e. The Morgan fingerprint density at radius 1 is 1.03 bits per heavy atom. The van der Waals surface area contributed by atoms with Crippen molar-refractivity contribution in [3.63, 3.8) is 0 Å². The number of hydrogen-bond acceptors (Lipinski definition) is 5. The zero-order valence-electron chi connectivity index (χ0n) is 17.6. The van der Waals surface area contributed by atoms with E-state index in [4.69, 9.17) is 9.47 Å². The summed E-state index contributed by atoms with van der Waals surface area (Å²) in [5.74, 6) is 1.23. The topological polar surface area (TPSA) is 84.9 Å². The molecule has 1 N–H and O–H groups in total. The summed E-state index contributed by atoms with van der Waals surface area (Å²) in [6.07, 6.45) is 1.44. The minimum Gasteiger partial charge on any atom is -0.493 e. The molecule has 162 valence electrons. The van der Waals surface area contributed by atoms with E-state index >= 15 is 0 Å². The van der Waals surface area contributed by atoms with Gasteiger partial charge in [-0.15, -0.1) is 0 Å². The van der Waals surface area contributed by atoms with Gasteiger partial charge in [0.15, 0.2) is 11.5 Å². The van der Waals surface area contributed by atoms with Gasteiger partial charge in [0.2, 0.25) is 15.9 Å². The zero-order valence-corrected chi connectivity index (χ0v) is 18.4. The molecule has 0 atom stereocenters. The van der Waals surface area contributed by atoms with Crippen molar-refractivity contribution in [2.24, 2.45) is 0 Å². The number of likely N-dealkylation sites (tertiary alicyclic amines) is 1. The van der Waals surface area contributed by atoms with Crippen LogP contribution in [0.4, 0.5) is 0 Å². The number of benzene rings is 2. The lowest BCUT2D eigenvalue weighted by atomic mass is 10.0. The Morgan fingerprint density at radius 2 is 1.67 bits per heavy atom. The second-order valence-corrected chi connectivity index (χ2v) is 9.17. The number of sulfonamides is 1. The summed E-state index contributed by atoms with van der Waals surface area (Å²) in [5.41, 5.74) is 1.86. The van der Waals surface area contributed by atoms with Gasteiger partial charge < -0.3 is 14.4 Å². The van der Waals surface area contributed by atoms with Crippen LogP contribution in [-0.4, -0.2) is 52.6 Å². The van der Waals surface area contributed by atoms with Crippen molar-refractivity contribution in [2.45, 2.75) is 37.1 Å². The third kappa shape index (κ3) is 5.31. The first-order chi connectivity index (χ1) is 14.3. The molecule has 0 radical (unpaired) electrons. The summed E-state index contributed by atoms with van der Waals surface area (Å²) in [7, 11) is -0.426. The minimum atomic E-state index is -3.56. The van der Waals surface area contributed by atoms with Crippen molar-refractivity contribution in [3.8, 4) is 11.5 Å². The first-order valence-electron chi connectivity index (χ1n) is 9.90. The molecule has 0 aliphatic carbocycles. The molecule has 3 rings (SSSR count). The standard InChI is InChI=1S/C22H28N2O5S/c1-16-4-7-19(8-5-16)30(26,27)23-18-10-12-24(13-11-18)22(25)15-17-6-9-20(28-2)21(14-17)29-3/h4-9,14,18,23H,10-13,15H2,1-3H3. The molecular formula is C22H28N2O5S. The molecule has 1 amide bonds. The number of hydrogen-bond donors (Lipinski definition) is 1. The average Bonchev–Trinajstić information content (AvgIpc) is 2.74. The molecule has 1 aliphatic rings. The van der Waals surface area contributed by atoms with Gasteiger partial charge in [-0.1, -0.05) is 23.8 Å². The summed E-state index contributed by atoms with van der Waals surface area (Å²) in [6.45, 7) is 2.96. The van der Waals surface area contributed by atoms with E-state index in [2.05, 4.69) is 4.72 Å². The van der Waals surface area contributed by atoms with Crippen LogP contribution in [0.3, 0.4) is 0 Å². The molecule has 0 bridgehead atoms. The summed E-state index contributed by atoms with van der Waals surface area (Å²) in [4.78, 5) is 14.7. The van der Waals surface area contributed by atoms with Crippen LogP contribution in [0.25, 0.3) is 0 Å². The van der Waals surface area contributed by atoms with Gasteiger partial charge in [0.05, 0.1) is 25.5 Å². The minimum absolute atomic E-state index is 0.0158. The number of nitrogens with one attached hydrogen (secondary N) is 1. The third-order valence-corrected chi connectivity index (χ3v) is 6.84. The number of amides is 1. The van der Waals surface area contributed by atoms with Crippen LogP contribution in [-0.2, 0) is 21.2 Å². The van der Waals surface area contributed by atoms with Crippen molar-refractivity contribution >= 4 is 15.9 Å². The molecule has 0 aromatic heterocycles. The maximum Gasteiger partial charge on any atom is 0.240 e. The van der Waals surface area contributed by atoms with Crippen LogP contribution < -0.4 is 14.2 Å². The highest BCUT2D eigenvalue weighted by Gasteiger charge is 2.26. The number of carbonyl (C=O) groups is 1. The van der Waals surface area contributed by atoms with E-state index in [1.807, 2.05) is 13.0 Å². The molecule has 8 heteroatoms. The van der Waals surface area contributed by atoms with Crippen LogP contribution in [0.2, 0.25) is 0 Å². The van der Waals surface area contributed by atoms with Crippen LogP contribution in [0, 0.1) is 6.92 Å². The van der Waals surface area contributed by atoms with E-state index in [0.29, 0.717) is 37.4 Å². The predicted octanol–water partition coefficient (Wildman–Crippen LogP) is 2.52. The number of methoxy groups -OCH3 is 2. The van der Waals surface area contributed by atoms with Crippen LogP contribution in [0.5, 0.6) is 11.5 Å². The first kappa shape index (κ1) is 22.1. The quantitative estimate of drug-likeness (QED) is 0.727. The Labute approximate surface area is 178 Å². The normalized spacial score (nSPS) is 15.1.